The van der Waals surface area contributed by atoms with Gasteiger partial charge >= 0.3 is 5.69 Å². The smallest absolute Gasteiger partial charge is 0.310 e. The topological polar surface area (TPSA) is 68.1 Å². The Bertz CT molecular complexity index is 604. The van der Waals surface area contributed by atoms with Crippen LogP contribution in [0.2, 0.25) is 0 Å². The number of hydrogen-bond acceptors (Lipinski definition) is 4. The molecule has 0 saturated carbocycles. The summed E-state index contributed by atoms with van der Waals surface area (Å²) < 4.78 is 13.6. The van der Waals surface area contributed by atoms with Crippen molar-refractivity contribution in [2.45, 2.75) is 13.0 Å². The maximum Gasteiger partial charge on any atom is 0.310 e. The molecule has 2 aromatic rings. The summed E-state index contributed by atoms with van der Waals surface area (Å²) in [6.45, 7) is 1.74. The molecule has 5 nitrogen and oxygen atoms in total. The molecule has 0 amide bonds. The van der Waals surface area contributed by atoms with E-state index in [4.69, 9.17) is 0 Å². The number of nitro groups is 1. The number of halogens is 1. The molecule has 1 atom stereocenters. The van der Waals surface area contributed by atoms with E-state index in [1.165, 1.54) is 18.3 Å². The third-order valence-corrected chi connectivity index (χ3v) is 2.74. The van der Waals surface area contributed by atoms with Crippen LogP contribution in [-0.4, -0.2) is 9.91 Å². The number of benzene rings is 1. The molecule has 0 saturated heterocycles. The summed E-state index contributed by atoms with van der Waals surface area (Å²) in [4.78, 5) is 14.0. The lowest BCUT2D eigenvalue weighted by molar-refractivity contribution is -0.384. The highest BCUT2D eigenvalue weighted by atomic mass is 19.1. The molecule has 0 bridgehead atoms. The Morgan fingerprint density at radius 1 is 1.37 bits per heavy atom. The van der Waals surface area contributed by atoms with Gasteiger partial charge in [-0.25, -0.2) is 4.39 Å². The van der Waals surface area contributed by atoms with Gasteiger partial charge in [0.05, 0.1) is 11.0 Å². The lowest BCUT2D eigenvalue weighted by atomic mass is 10.1. The first-order valence-electron chi connectivity index (χ1n) is 5.69. The summed E-state index contributed by atoms with van der Waals surface area (Å²) in [6, 6.07) is 7.42. The predicted octanol–water partition coefficient (Wildman–Crippen LogP) is 3.30. The van der Waals surface area contributed by atoms with Crippen molar-refractivity contribution in [3.63, 3.8) is 0 Å². The van der Waals surface area contributed by atoms with Crippen LogP contribution in [0.3, 0.4) is 0 Å². The monoisotopic (exact) mass is 261 g/mol. The van der Waals surface area contributed by atoms with Crippen LogP contribution in [0.15, 0.2) is 42.7 Å². The Morgan fingerprint density at radius 3 is 2.79 bits per heavy atom. The number of aromatic nitrogens is 1. The Labute approximate surface area is 109 Å². The number of hydrogen-bond donors (Lipinski definition) is 1. The van der Waals surface area contributed by atoms with Gasteiger partial charge in [0.1, 0.15) is 17.7 Å². The quantitative estimate of drug-likeness (QED) is 0.677. The van der Waals surface area contributed by atoms with E-state index in [0.29, 0.717) is 11.3 Å². The normalized spacial score (nSPS) is 11.9. The third kappa shape index (κ3) is 2.85. The Hall–Kier alpha value is -2.50. The lowest BCUT2D eigenvalue weighted by Crippen LogP contribution is -2.10. The summed E-state index contributed by atoms with van der Waals surface area (Å²) in [5, 5.41) is 13.8. The molecule has 0 aliphatic rings. The van der Waals surface area contributed by atoms with Crippen molar-refractivity contribution in [2.24, 2.45) is 0 Å². The molecule has 0 spiro atoms. The van der Waals surface area contributed by atoms with Gasteiger partial charge in [-0.15, -0.1) is 0 Å². The van der Waals surface area contributed by atoms with E-state index in [9.17, 15) is 14.5 Å². The molecule has 0 aliphatic carbocycles. The van der Waals surface area contributed by atoms with Crippen LogP contribution >= 0.6 is 0 Å². The minimum atomic E-state index is -0.524. The molecule has 19 heavy (non-hydrogen) atoms. The van der Waals surface area contributed by atoms with E-state index in [1.54, 1.807) is 25.1 Å². The van der Waals surface area contributed by atoms with E-state index in [-0.39, 0.29) is 17.5 Å². The van der Waals surface area contributed by atoms with Crippen LogP contribution in [0.4, 0.5) is 15.8 Å². The van der Waals surface area contributed by atoms with Gasteiger partial charge in [0.2, 0.25) is 0 Å². The highest BCUT2D eigenvalue weighted by Crippen LogP contribution is 2.27. The summed E-state index contributed by atoms with van der Waals surface area (Å²) >= 11 is 0. The molecule has 1 aromatic carbocycles. The number of rotatable bonds is 4. The first-order valence-corrected chi connectivity index (χ1v) is 5.69. The van der Waals surface area contributed by atoms with Gasteiger partial charge in [0, 0.05) is 11.8 Å². The highest BCUT2D eigenvalue weighted by Gasteiger charge is 2.17. The van der Waals surface area contributed by atoms with Crippen LogP contribution in [0.1, 0.15) is 18.5 Å². The second kappa shape index (κ2) is 5.43. The third-order valence-electron chi connectivity index (χ3n) is 2.74. The van der Waals surface area contributed by atoms with Crippen molar-refractivity contribution in [2.75, 3.05) is 5.32 Å². The van der Waals surface area contributed by atoms with E-state index < -0.39 is 4.92 Å². The number of anilines is 1. The van der Waals surface area contributed by atoms with Crippen molar-refractivity contribution in [1.82, 2.24) is 4.98 Å². The van der Waals surface area contributed by atoms with E-state index in [2.05, 4.69) is 10.3 Å². The zero-order chi connectivity index (χ0) is 13.8. The first-order chi connectivity index (χ1) is 9.09. The van der Waals surface area contributed by atoms with Crippen molar-refractivity contribution in [1.29, 1.82) is 0 Å². The molecule has 0 fully saturated rings. The van der Waals surface area contributed by atoms with Crippen molar-refractivity contribution < 1.29 is 9.31 Å². The number of pyridine rings is 1. The average Bonchev–Trinajstić information content (AvgIpc) is 2.39. The summed E-state index contributed by atoms with van der Waals surface area (Å²) in [5.41, 5.74) is 0.634. The minimum Gasteiger partial charge on any atom is -0.373 e. The van der Waals surface area contributed by atoms with Gasteiger partial charge < -0.3 is 5.32 Å². The van der Waals surface area contributed by atoms with Gasteiger partial charge in [-0.05, 0) is 19.1 Å². The first kappa shape index (κ1) is 12.9. The van der Waals surface area contributed by atoms with Gasteiger partial charge in [0.15, 0.2) is 0 Å². The summed E-state index contributed by atoms with van der Waals surface area (Å²) in [5.74, 6) is -0.348. The molecule has 1 N–H and O–H groups in total. The van der Waals surface area contributed by atoms with Crippen LogP contribution in [0, 0.1) is 15.9 Å². The largest absolute Gasteiger partial charge is 0.373 e. The van der Waals surface area contributed by atoms with Crippen molar-refractivity contribution in [3.05, 3.63) is 64.2 Å². The van der Waals surface area contributed by atoms with Gasteiger partial charge in [-0.3, -0.25) is 15.1 Å². The van der Waals surface area contributed by atoms with E-state index in [1.807, 2.05) is 0 Å². The second-order valence-corrected chi connectivity index (χ2v) is 4.04. The molecule has 1 unspecified atom stereocenters. The predicted molar refractivity (Wildman–Crippen MR) is 69.3 cm³/mol. The van der Waals surface area contributed by atoms with E-state index in [0.717, 1.165) is 6.20 Å². The van der Waals surface area contributed by atoms with Gasteiger partial charge in [0.25, 0.3) is 0 Å². The zero-order valence-corrected chi connectivity index (χ0v) is 10.2. The fraction of sp³-hybridized carbons (Fsp3) is 0.154. The highest BCUT2D eigenvalue weighted by molar-refractivity contribution is 5.60. The minimum absolute atomic E-state index is 0.134. The molecule has 0 aliphatic heterocycles. The number of nitrogens with one attached hydrogen (secondary N) is 1. The molecule has 98 valence electrons. The second-order valence-electron chi connectivity index (χ2n) is 4.04. The van der Waals surface area contributed by atoms with Crippen molar-refractivity contribution in [3.8, 4) is 0 Å². The fourth-order valence-corrected chi connectivity index (χ4v) is 1.79. The lowest BCUT2D eigenvalue weighted by Gasteiger charge is -2.16. The number of nitrogens with zero attached hydrogens (tertiary/aromatic N) is 2. The van der Waals surface area contributed by atoms with Gasteiger partial charge in [-0.1, -0.05) is 18.2 Å². The standard InChI is InChI=1S/C13H12FN3O2/c1-9(10-4-2-3-5-11(10)14)16-12-6-7-15-8-13(12)17(18)19/h2-9H,1H3,(H,15,16). The Morgan fingerprint density at radius 2 is 2.11 bits per heavy atom. The molecule has 2 rings (SSSR count). The van der Waals surface area contributed by atoms with Crippen LogP contribution < -0.4 is 5.32 Å². The molecular formula is C13H12FN3O2. The van der Waals surface area contributed by atoms with Crippen molar-refractivity contribution >= 4 is 11.4 Å². The average molecular weight is 261 g/mol. The molecular weight excluding hydrogens is 249 g/mol. The maximum atomic E-state index is 13.6. The Kier molecular flexibility index (Phi) is 3.70. The Balaban J connectivity index is 2.27. The van der Waals surface area contributed by atoms with Crippen LogP contribution in [0.5, 0.6) is 0 Å². The van der Waals surface area contributed by atoms with Crippen LogP contribution in [0.25, 0.3) is 0 Å². The summed E-state index contributed by atoms with van der Waals surface area (Å²) in [7, 11) is 0. The van der Waals surface area contributed by atoms with Gasteiger partial charge in [-0.2, -0.15) is 0 Å². The SMILES string of the molecule is CC(Nc1ccncc1[N+](=O)[O-])c1ccccc1F. The maximum absolute atomic E-state index is 13.6. The summed E-state index contributed by atoms with van der Waals surface area (Å²) in [6.07, 6.45) is 2.61. The fourth-order valence-electron chi connectivity index (χ4n) is 1.79. The van der Waals surface area contributed by atoms with E-state index >= 15 is 0 Å². The molecule has 6 heteroatoms. The molecule has 1 heterocycles. The zero-order valence-electron chi connectivity index (χ0n) is 10.2. The molecule has 0 radical (unpaired) electrons. The molecule has 1 aromatic heterocycles. The van der Waals surface area contributed by atoms with Crippen LogP contribution in [-0.2, 0) is 0 Å².